The molecule has 1 aliphatic rings. The molecule has 0 aromatic heterocycles. The zero-order valence-corrected chi connectivity index (χ0v) is 10.7. The van der Waals surface area contributed by atoms with E-state index in [0.29, 0.717) is 19.6 Å². The van der Waals surface area contributed by atoms with Crippen LogP contribution in [0.15, 0.2) is 0 Å². The Morgan fingerprint density at radius 1 is 1.59 bits per heavy atom. The minimum Gasteiger partial charge on any atom is -0.459 e. The quantitative estimate of drug-likeness (QED) is 0.627. The highest BCUT2D eigenvalue weighted by molar-refractivity contribution is 5.79. The number of nitrogens with zero attached hydrogens (tertiary/aromatic N) is 1. The molecule has 98 valence electrons. The Morgan fingerprint density at radius 2 is 2.24 bits per heavy atom. The standard InChI is InChI=1S/C11H21N3O3/c1-11(2,3)17-10(16)8(12)6-14-5-4-13-9(15)7-14/h8H,4-7,12H2,1-3H3,(H,13,15). The van der Waals surface area contributed by atoms with Crippen molar-refractivity contribution in [3.8, 4) is 0 Å². The van der Waals surface area contributed by atoms with Gasteiger partial charge in [0.1, 0.15) is 11.6 Å². The molecule has 1 unspecified atom stereocenters. The van der Waals surface area contributed by atoms with Gasteiger partial charge in [-0.05, 0) is 20.8 Å². The van der Waals surface area contributed by atoms with E-state index in [9.17, 15) is 9.59 Å². The van der Waals surface area contributed by atoms with Gasteiger partial charge in [-0.1, -0.05) is 0 Å². The van der Waals surface area contributed by atoms with Gasteiger partial charge in [-0.2, -0.15) is 0 Å². The van der Waals surface area contributed by atoms with Gasteiger partial charge in [-0.25, -0.2) is 0 Å². The van der Waals surface area contributed by atoms with Crippen molar-refractivity contribution >= 4 is 11.9 Å². The lowest BCUT2D eigenvalue weighted by Gasteiger charge is -2.29. The summed E-state index contributed by atoms with van der Waals surface area (Å²) in [5.41, 5.74) is 5.22. The first-order valence-corrected chi connectivity index (χ1v) is 5.75. The summed E-state index contributed by atoms with van der Waals surface area (Å²) in [5, 5.41) is 2.72. The van der Waals surface area contributed by atoms with Gasteiger partial charge in [0, 0.05) is 19.6 Å². The van der Waals surface area contributed by atoms with E-state index in [-0.39, 0.29) is 12.5 Å². The molecule has 6 nitrogen and oxygen atoms in total. The van der Waals surface area contributed by atoms with Crippen LogP contribution in [0, 0.1) is 0 Å². The fourth-order valence-electron chi connectivity index (χ4n) is 1.58. The Morgan fingerprint density at radius 3 is 2.76 bits per heavy atom. The Labute approximate surface area is 101 Å². The lowest BCUT2D eigenvalue weighted by atomic mass is 10.2. The molecule has 1 heterocycles. The van der Waals surface area contributed by atoms with Gasteiger partial charge in [-0.15, -0.1) is 0 Å². The molecule has 0 spiro atoms. The maximum Gasteiger partial charge on any atom is 0.324 e. The predicted molar refractivity (Wildman–Crippen MR) is 63.3 cm³/mol. The Kier molecular flexibility index (Phi) is 4.47. The molecule has 1 saturated heterocycles. The Hall–Kier alpha value is -1.14. The highest BCUT2D eigenvalue weighted by atomic mass is 16.6. The highest BCUT2D eigenvalue weighted by Gasteiger charge is 2.25. The molecule has 17 heavy (non-hydrogen) atoms. The summed E-state index contributed by atoms with van der Waals surface area (Å²) in [5.74, 6) is -0.462. The number of piperazine rings is 1. The zero-order valence-electron chi connectivity index (χ0n) is 10.7. The maximum absolute atomic E-state index is 11.6. The van der Waals surface area contributed by atoms with Crippen LogP contribution in [0.4, 0.5) is 0 Å². The normalized spacial score (nSPS) is 19.6. The SMILES string of the molecule is CC(C)(C)OC(=O)C(N)CN1CCNC(=O)C1. The molecular weight excluding hydrogens is 222 g/mol. The lowest BCUT2D eigenvalue weighted by molar-refractivity contribution is -0.157. The van der Waals surface area contributed by atoms with E-state index in [1.54, 1.807) is 20.8 Å². The molecule has 0 bridgehead atoms. The fourth-order valence-corrected chi connectivity index (χ4v) is 1.58. The smallest absolute Gasteiger partial charge is 0.324 e. The van der Waals surface area contributed by atoms with Crippen molar-refractivity contribution in [3.05, 3.63) is 0 Å². The van der Waals surface area contributed by atoms with Crippen LogP contribution >= 0.6 is 0 Å². The van der Waals surface area contributed by atoms with E-state index in [1.807, 2.05) is 4.90 Å². The van der Waals surface area contributed by atoms with Crippen LogP contribution in [0.2, 0.25) is 0 Å². The summed E-state index contributed by atoms with van der Waals surface area (Å²) >= 11 is 0. The minimum absolute atomic E-state index is 0.0346. The number of carbonyl (C=O) groups excluding carboxylic acids is 2. The number of nitrogens with one attached hydrogen (secondary N) is 1. The van der Waals surface area contributed by atoms with Gasteiger partial charge in [0.15, 0.2) is 0 Å². The van der Waals surface area contributed by atoms with Crippen LogP contribution in [-0.2, 0) is 14.3 Å². The second-order valence-corrected chi connectivity index (χ2v) is 5.23. The van der Waals surface area contributed by atoms with Crippen molar-refractivity contribution in [1.82, 2.24) is 10.2 Å². The van der Waals surface area contributed by atoms with E-state index in [2.05, 4.69) is 5.32 Å². The van der Waals surface area contributed by atoms with E-state index < -0.39 is 17.6 Å². The van der Waals surface area contributed by atoms with Crippen LogP contribution in [0.5, 0.6) is 0 Å². The van der Waals surface area contributed by atoms with Crippen molar-refractivity contribution in [1.29, 1.82) is 0 Å². The van der Waals surface area contributed by atoms with Gasteiger partial charge < -0.3 is 15.8 Å². The molecule has 0 saturated carbocycles. The van der Waals surface area contributed by atoms with Gasteiger partial charge in [0.2, 0.25) is 5.91 Å². The van der Waals surface area contributed by atoms with Crippen LogP contribution in [0.25, 0.3) is 0 Å². The fraction of sp³-hybridized carbons (Fsp3) is 0.818. The van der Waals surface area contributed by atoms with Gasteiger partial charge in [0.25, 0.3) is 0 Å². The summed E-state index contributed by atoms with van der Waals surface area (Å²) in [6, 6.07) is -0.708. The van der Waals surface area contributed by atoms with E-state index >= 15 is 0 Å². The number of rotatable bonds is 3. The summed E-state index contributed by atoms with van der Waals surface area (Å²) in [6.45, 7) is 7.34. The number of amides is 1. The molecule has 1 fully saturated rings. The number of nitrogens with two attached hydrogens (primary N) is 1. The molecule has 0 radical (unpaired) electrons. The first kappa shape index (κ1) is 13.9. The average molecular weight is 243 g/mol. The summed E-state index contributed by atoms with van der Waals surface area (Å²) in [6.07, 6.45) is 0. The molecule has 3 N–H and O–H groups in total. The molecule has 1 atom stereocenters. The number of esters is 1. The molecule has 1 aliphatic heterocycles. The lowest BCUT2D eigenvalue weighted by Crippen LogP contribution is -2.53. The van der Waals surface area contributed by atoms with Gasteiger partial charge in [0.05, 0.1) is 6.54 Å². The van der Waals surface area contributed by atoms with E-state index in [0.717, 1.165) is 0 Å². The third-order valence-corrected chi connectivity index (χ3v) is 2.28. The molecule has 0 aromatic carbocycles. The Bertz CT molecular complexity index is 299. The van der Waals surface area contributed by atoms with Crippen molar-refractivity contribution in [3.63, 3.8) is 0 Å². The third-order valence-electron chi connectivity index (χ3n) is 2.28. The van der Waals surface area contributed by atoms with Crippen molar-refractivity contribution in [2.75, 3.05) is 26.2 Å². The van der Waals surface area contributed by atoms with Gasteiger partial charge in [-0.3, -0.25) is 14.5 Å². The molecule has 6 heteroatoms. The second kappa shape index (κ2) is 5.46. The predicted octanol–water partition coefficient (Wildman–Crippen LogP) is -0.913. The Balaban J connectivity index is 2.40. The van der Waals surface area contributed by atoms with Gasteiger partial charge >= 0.3 is 5.97 Å². The third kappa shape index (κ3) is 5.14. The maximum atomic E-state index is 11.6. The number of hydrogen-bond donors (Lipinski definition) is 2. The van der Waals surface area contributed by atoms with Crippen molar-refractivity contribution in [2.24, 2.45) is 5.73 Å². The first-order valence-electron chi connectivity index (χ1n) is 5.75. The largest absolute Gasteiger partial charge is 0.459 e. The van der Waals surface area contributed by atoms with E-state index in [1.165, 1.54) is 0 Å². The topological polar surface area (TPSA) is 84.7 Å². The van der Waals surface area contributed by atoms with Crippen LogP contribution in [-0.4, -0.2) is 54.6 Å². The molecular formula is C11H21N3O3. The molecule has 1 amide bonds. The summed E-state index contributed by atoms with van der Waals surface area (Å²) < 4.78 is 5.18. The first-order chi connectivity index (χ1) is 7.78. The number of ether oxygens (including phenoxy) is 1. The zero-order chi connectivity index (χ0) is 13.1. The minimum atomic E-state index is -0.708. The molecule has 0 aliphatic carbocycles. The summed E-state index contributed by atoms with van der Waals surface area (Å²) in [7, 11) is 0. The van der Waals surface area contributed by atoms with Crippen molar-refractivity contribution < 1.29 is 14.3 Å². The van der Waals surface area contributed by atoms with E-state index in [4.69, 9.17) is 10.5 Å². The monoisotopic (exact) mass is 243 g/mol. The molecule has 0 aromatic rings. The van der Waals surface area contributed by atoms with Crippen molar-refractivity contribution in [2.45, 2.75) is 32.4 Å². The number of carbonyl (C=O) groups is 2. The van der Waals surface area contributed by atoms with Crippen LogP contribution < -0.4 is 11.1 Å². The number of hydrogen-bond acceptors (Lipinski definition) is 5. The average Bonchev–Trinajstić information content (AvgIpc) is 2.14. The van der Waals surface area contributed by atoms with Crippen LogP contribution in [0.1, 0.15) is 20.8 Å². The molecule has 1 rings (SSSR count). The highest BCUT2D eigenvalue weighted by Crippen LogP contribution is 2.08. The second-order valence-electron chi connectivity index (χ2n) is 5.23. The van der Waals surface area contributed by atoms with Crippen LogP contribution in [0.3, 0.4) is 0 Å². The summed E-state index contributed by atoms with van der Waals surface area (Å²) in [4.78, 5) is 24.6.